The van der Waals surface area contributed by atoms with Gasteiger partial charge in [-0.2, -0.15) is 0 Å². The number of carbonyl (C=O) groups is 5. The van der Waals surface area contributed by atoms with Crippen LogP contribution >= 0.6 is 23.2 Å². The smallest absolute Gasteiger partial charge is 0.409 e. The monoisotopic (exact) mass is 600 g/mol. The van der Waals surface area contributed by atoms with E-state index in [-0.39, 0.29) is 38.1 Å². The number of piperazine rings is 1. The first-order valence-corrected chi connectivity index (χ1v) is 13.7. The van der Waals surface area contributed by atoms with Gasteiger partial charge < -0.3 is 29.7 Å². The fourth-order valence-corrected chi connectivity index (χ4v) is 5.30. The van der Waals surface area contributed by atoms with Crippen LogP contribution in [0.3, 0.4) is 0 Å². The van der Waals surface area contributed by atoms with Crippen LogP contribution in [0.2, 0.25) is 10.0 Å². The molecule has 0 saturated carbocycles. The zero-order chi connectivity index (χ0) is 29.4. The van der Waals surface area contributed by atoms with Crippen LogP contribution in [0.25, 0.3) is 0 Å². The molecule has 220 valence electrons. The van der Waals surface area contributed by atoms with Crippen LogP contribution in [-0.4, -0.2) is 114 Å². The van der Waals surface area contributed by atoms with Gasteiger partial charge in [0.1, 0.15) is 12.6 Å². The van der Waals surface area contributed by atoms with Crippen molar-refractivity contribution in [3.8, 4) is 0 Å². The highest BCUT2D eigenvalue weighted by Crippen LogP contribution is 2.25. The van der Waals surface area contributed by atoms with Crippen LogP contribution in [0.1, 0.15) is 31.7 Å². The van der Waals surface area contributed by atoms with Gasteiger partial charge in [0.25, 0.3) is 0 Å². The Balaban J connectivity index is 1.81. The highest BCUT2D eigenvalue weighted by Gasteiger charge is 2.41. The molecule has 2 unspecified atom stereocenters. The van der Waals surface area contributed by atoms with E-state index in [0.29, 0.717) is 22.2 Å². The molecule has 1 aromatic carbocycles. The van der Waals surface area contributed by atoms with E-state index < -0.39 is 42.4 Å². The first kappa shape index (κ1) is 31.4. The average Bonchev–Trinajstić information content (AvgIpc) is 3.41. The number of rotatable bonds is 10. The first-order chi connectivity index (χ1) is 19.0. The molecular formula is C26H34Cl2N4O8. The van der Waals surface area contributed by atoms with Crippen LogP contribution in [0.4, 0.5) is 4.79 Å². The predicted octanol–water partition coefficient (Wildman–Crippen LogP) is 1.80. The lowest BCUT2D eigenvalue weighted by atomic mass is 10.0. The molecule has 2 saturated heterocycles. The molecule has 2 N–H and O–H groups in total. The minimum atomic E-state index is -1.40. The van der Waals surface area contributed by atoms with Crippen LogP contribution in [-0.2, 0) is 35.1 Å². The molecule has 12 nitrogen and oxygen atoms in total. The molecule has 40 heavy (non-hydrogen) atoms. The second kappa shape index (κ2) is 14.5. The Kier molecular flexibility index (Phi) is 11.4. The molecule has 0 spiro atoms. The molecule has 1 aromatic rings. The second-order valence-electron chi connectivity index (χ2n) is 9.89. The first-order valence-electron chi connectivity index (χ1n) is 12.9. The molecule has 2 aliphatic rings. The number of aliphatic carboxylic acids is 1. The standard InChI is InChI=1S/C26H34Cl2N4O8/c1-16(33)29-22(11-24(35)36)25(37)40-15-19-14-31(23(34)10-17-5-6-20(27)21(28)9-17)18(12-30-7-3-4-8-30)13-32(19)26(38)39-2/h5-6,9,18-19,22H,3-4,7-8,10-15H2,1-2H3,(H,29,33)(H,35,36)/t18?,19-,22?/m1/s1. The van der Waals surface area contributed by atoms with Gasteiger partial charge in [0.05, 0.1) is 42.1 Å². The summed E-state index contributed by atoms with van der Waals surface area (Å²) in [6, 6.07) is 2.45. The Hall–Kier alpha value is -3.09. The molecular weight excluding hydrogens is 567 g/mol. The summed E-state index contributed by atoms with van der Waals surface area (Å²) in [5.74, 6) is -3.06. The van der Waals surface area contributed by atoms with Crippen molar-refractivity contribution in [2.75, 3.05) is 46.4 Å². The molecule has 0 bridgehead atoms. The van der Waals surface area contributed by atoms with E-state index in [1.807, 2.05) is 0 Å². The summed E-state index contributed by atoms with van der Waals surface area (Å²) in [6.45, 7) is 3.33. The van der Waals surface area contributed by atoms with Crippen LogP contribution < -0.4 is 5.32 Å². The molecule has 0 aliphatic carbocycles. The highest BCUT2D eigenvalue weighted by molar-refractivity contribution is 6.42. The lowest BCUT2D eigenvalue weighted by Gasteiger charge is -2.46. The van der Waals surface area contributed by atoms with E-state index in [9.17, 15) is 24.0 Å². The van der Waals surface area contributed by atoms with Gasteiger partial charge in [-0.3, -0.25) is 19.3 Å². The number of nitrogens with one attached hydrogen (secondary N) is 1. The van der Waals surface area contributed by atoms with Gasteiger partial charge in [-0.1, -0.05) is 29.3 Å². The molecule has 0 radical (unpaired) electrons. The summed E-state index contributed by atoms with van der Waals surface area (Å²) in [7, 11) is 1.24. The number of amides is 3. The number of esters is 1. The average molecular weight is 601 g/mol. The number of likely N-dealkylation sites (tertiary alicyclic amines) is 1. The number of nitrogens with zero attached hydrogens (tertiary/aromatic N) is 3. The maximum atomic E-state index is 13.6. The van der Waals surface area contributed by atoms with Gasteiger partial charge in [-0.25, -0.2) is 9.59 Å². The number of carbonyl (C=O) groups excluding carboxylic acids is 4. The van der Waals surface area contributed by atoms with E-state index in [0.717, 1.165) is 32.9 Å². The van der Waals surface area contributed by atoms with Gasteiger partial charge in [0, 0.05) is 26.6 Å². The zero-order valence-electron chi connectivity index (χ0n) is 22.4. The molecule has 14 heteroatoms. The number of halogens is 2. The summed E-state index contributed by atoms with van der Waals surface area (Å²) in [5, 5.41) is 12.1. The fourth-order valence-electron chi connectivity index (χ4n) is 4.98. The fraction of sp³-hybridized carbons (Fsp3) is 0.577. The molecule has 2 heterocycles. The zero-order valence-corrected chi connectivity index (χ0v) is 23.9. The summed E-state index contributed by atoms with van der Waals surface area (Å²) < 4.78 is 10.3. The van der Waals surface area contributed by atoms with Crippen molar-refractivity contribution in [3.05, 3.63) is 33.8 Å². The molecule has 0 aromatic heterocycles. The minimum absolute atomic E-state index is 0.0430. The third-order valence-corrected chi connectivity index (χ3v) is 7.63. The van der Waals surface area contributed by atoms with Gasteiger partial charge in [0.2, 0.25) is 11.8 Å². The maximum Gasteiger partial charge on any atom is 0.409 e. The number of benzene rings is 1. The summed E-state index contributed by atoms with van der Waals surface area (Å²) >= 11 is 12.2. The highest BCUT2D eigenvalue weighted by atomic mass is 35.5. The Morgan fingerprint density at radius 2 is 1.73 bits per heavy atom. The summed E-state index contributed by atoms with van der Waals surface area (Å²) in [5.41, 5.74) is 0.671. The lowest BCUT2D eigenvalue weighted by molar-refractivity contribution is -0.154. The number of carboxylic acid groups (broad SMARTS) is 1. The largest absolute Gasteiger partial charge is 0.481 e. The van der Waals surface area contributed by atoms with Gasteiger partial charge in [0.15, 0.2) is 0 Å². The third kappa shape index (κ3) is 8.70. The van der Waals surface area contributed by atoms with Crippen molar-refractivity contribution in [2.45, 2.75) is 50.7 Å². The molecule has 3 amide bonds. The van der Waals surface area contributed by atoms with Crippen molar-refractivity contribution < 1.29 is 38.6 Å². The molecule has 2 fully saturated rings. The van der Waals surface area contributed by atoms with Crippen LogP contribution in [0.5, 0.6) is 0 Å². The van der Waals surface area contributed by atoms with Gasteiger partial charge >= 0.3 is 18.0 Å². The minimum Gasteiger partial charge on any atom is -0.481 e. The molecule has 3 atom stereocenters. The molecule has 3 rings (SSSR count). The van der Waals surface area contributed by atoms with E-state index in [4.69, 9.17) is 37.8 Å². The Morgan fingerprint density at radius 1 is 1.05 bits per heavy atom. The van der Waals surface area contributed by atoms with Crippen molar-refractivity contribution in [2.24, 2.45) is 0 Å². The molecule has 2 aliphatic heterocycles. The second-order valence-corrected chi connectivity index (χ2v) is 10.7. The number of hydrogen-bond donors (Lipinski definition) is 2. The normalized spacial score (nSPS) is 20.1. The lowest BCUT2D eigenvalue weighted by Crippen LogP contribution is -2.65. The number of methoxy groups -OCH3 is 1. The maximum absolute atomic E-state index is 13.6. The topological polar surface area (TPSA) is 146 Å². The number of hydrogen-bond acceptors (Lipinski definition) is 8. The van der Waals surface area contributed by atoms with Crippen LogP contribution in [0, 0.1) is 0 Å². The van der Waals surface area contributed by atoms with Gasteiger partial charge in [-0.15, -0.1) is 0 Å². The quantitative estimate of drug-likeness (QED) is 0.384. The Morgan fingerprint density at radius 3 is 2.33 bits per heavy atom. The Bertz CT molecular complexity index is 1100. The van der Waals surface area contributed by atoms with Crippen molar-refractivity contribution in [3.63, 3.8) is 0 Å². The predicted molar refractivity (Wildman–Crippen MR) is 145 cm³/mol. The van der Waals surface area contributed by atoms with Crippen molar-refractivity contribution in [1.82, 2.24) is 20.0 Å². The van der Waals surface area contributed by atoms with E-state index in [1.165, 1.54) is 12.0 Å². The number of carboxylic acids is 1. The van der Waals surface area contributed by atoms with Crippen LogP contribution in [0.15, 0.2) is 18.2 Å². The SMILES string of the molecule is COC(=O)N1CC(CN2CCCC2)N(C(=O)Cc2ccc(Cl)c(Cl)c2)C[C@@H]1COC(=O)C(CC(=O)O)NC(C)=O. The van der Waals surface area contributed by atoms with Crippen molar-refractivity contribution >= 4 is 53.0 Å². The third-order valence-electron chi connectivity index (χ3n) is 6.89. The summed E-state index contributed by atoms with van der Waals surface area (Å²) in [6.07, 6.45) is 0.828. The van der Waals surface area contributed by atoms with E-state index >= 15 is 0 Å². The van der Waals surface area contributed by atoms with Crippen molar-refractivity contribution in [1.29, 1.82) is 0 Å². The van der Waals surface area contributed by atoms with E-state index in [1.54, 1.807) is 23.1 Å². The summed E-state index contributed by atoms with van der Waals surface area (Å²) in [4.78, 5) is 67.0. The number of ether oxygens (including phenoxy) is 2. The Labute approximate surface area is 242 Å². The van der Waals surface area contributed by atoms with E-state index in [2.05, 4.69) is 10.2 Å². The van der Waals surface area contributed by atoms with Gasteiger partial charge in [-0.05, 0) is 43.6 Å².